The Hall–Kier alpha value is -1.39. The van der Waals surface area contributed by atoms with Crippen molar-refractivity contribution >= 4 is 5.78 Å². The molecule has 0 aliphatic carbocycles. The molecule has 0 heterocycles. The van der Waals surface area contributed by atoms with Gasteiger partial charge in [0.1, 0.15) is 5.75 Å². The highest BCUT2D eigenvalue weighted by Gasteiger charge is 2.11. The van der Waals surface area contributed by atoms with E-state index in [4.69, 9.17) is 15.2 Å². The smallest absolute Gasteiger partial charge is 0.164 e. The highest BCUT2D eigenvalue weighted by atomic mass is 16.5. The van der Waals surface area contributed by atoms with Crippen LogP contribution in [0.25, 0.3) is 0 Å². The Labute approximate surface area is 102 Å². The number of hydrogen-bond acceptors (Lipinski definition) is 4. The lowest BCUT2D eigenvalue weighted by Gasteiger charge is -2.09. The zero-order chi connectivity index (χ0) is 12.7. The van der Waals surface area contributed by atoms with Crippen molar-refractivity contribution in [1.29, 1.82) is 0 Å². The van der Waals surface area contributed by atoms with Crippen LogP contribution in [0.15, 0.2) is 24.3 Å². The average Bonchev–Trinajstić information content (AvgIpc) is 2.30. The number of benzene rings is 1. The van der Waals surface area contributed by atoms with E-state index in [2.05, 4.69) is 0 Å². The summed E-state index contributed by atoms with van der Waals surface area (Å²) in [4.78, 5) is 11.8. The maximum Gasteiger partial charge on any atom is 0.164 e. The Morgan fingerprint density at radius 3 is 2.53 bits per heavy atom. The largest absolute Gasteiger partial charge is 0.494 e. The van der Waals surface area contributed by atoms with Crippen molar-refractivity contribution in [2.75, 3.05) is 20.3 Å². The molecule has 0 aliphatic rings. The normalized spacial score (nSPS) is 12.2. The number of methoxy groups -OCH3 is 1. The fourth-order valence-electron chi connectivity index (χ4n) is 1.53. The van der Waals surface area contributed by atoms with Crippen LogP contribution in [-0.2, 0) is 4.74 Å². The van der Waals surface area contributed by atoms with Gasteiger partial charge < -0.3 is 15.2 Å². The molecular formula is C13H19NO3. The van der Waals surface area contributed by atoms with Gasteiger partial charge >= 0.3 is 0 Å². The van der Waals surface area contributed by atoms with Crippen LogP contribution < -0.4 is 10.5 Å². The Bertz CT molecular complexity index is 348. The number of ketones is 1. The van der Waals surface area contributed by atoms with Crippen LogP contribution in [0.2, 0.25) is 0 Å². The predicted molar refractivity (Wildman–Crippen MR) is 66.4 cm³/mol. The van der Waals surface area contributed by atoms with E-state index in [1.54, 1.807) is 31.4 Å². The summed E-state index contributed by atoms with van der Waals surface area (Å²) in [6, 6.07) is 6.84. The quantitative estimate of drug-likeness (QED) is 0.732. The van der Waals surface area contributed by atoms with Crippen molar-refractivity contribution < 1.29 is 14.3 Å². The van der Waals surface area contributed by atoms with Crippen LogP contribution in [0.1, 0.15) is 23.7 Å². The summed E-state index contributed by atoms with van der Waals surface area (Å²) in [6.07, 6.45) is 0.293. The molecule has 1 unspecified atom stereocenters. The molecular weight excluding hydrogens is 218 g/mol. The fourth-order valence-corrected chi connectivity index (χ4v) is 1.53. The number of nitrogens with two attached hydrogens (primary N) is 1. The molecule has 17 heavy (non-hydrogen) atoms. The number of carbonyl (C=O) groups is 1. The summed E-state index contributed by atoms with van der Waals surface area (Å²) in [6.45, 7) is 2.93. The molecule has 0 aromatic heterocycles. The summed E-state index contributed by atoms with van der Waals surface area (Å²) >= 11 is 0. The number of carbonyl (C=O) groups excluding carboxylic acids is 1. The van der Waals surface area contributed by atoms with Crippen LogP contribution >= 0.6 is 0 Å². The minimum Gasteiger partial charge on any atom is -0.494 e. The first-order valence-electron chi connectivity index (χ1n) is 5.68. The molecule has 94 valence electrons. The lowest BCUT2D eigenvalue weighted by molar-refractivity contribution is 0.0949. The van der Waals surface area contributed by atoms with Gasteiger partial charge in [0.25, 0.3) is 0 Å². The van der Waals surface area contributed by atoms with Gasteiger partial charge in [-0.25, -0.2) is 0 Å². The van der Waals surface area contributed by atoms with Crippen LogP contribution in [-0.4, -0.2) is 32.1 Å². The van der Waals surface area contributed by atoms with Crippen molar-refractivity contribution in [2.45, 2.75) is 19.4 Å². The highest BCUT2D eigenvalue weighted by Crippen LogP contribution is 2.13. The van der Waals surface area contributed by atoms with Crippen LogP contribution in [0.4, 0.5) is 0 Å². The van der Waals surface area contributed by atoms with Crippen molar-refractivity contribution in [3.05, 3.63) is 29.8 Å². The number of ether oxygens (including phenoxy) is 2. The second-order valence-electron chi connectivity index (χ2n) is 3.80. The van der Waals surface area contributed by atoms with Gasteiger partial charge in [-0.3, -0.25) is 4.79 Å². The molecule has 1 aromatic carbocycles. The van der Waals surface area contributed by atoms with Gasteiger partial charge in [-0.15, -0.1) is 0 Å². The Balaban J connectivity index is 2.57. The molecule has 0 saturated heterocycles. The van der Waals surface area contributed by atoms with Gasteiger partial charge in [0, 0.05) is 25.1 Å². The second kappa shape index (κ2) is 7.04. The number of rotatable bonds is 7. The van der Waals surface area contributed by atoms with Gasteiger partial charge in [-0.2, -0.15) is 0 Å². The Morgan fingerprint density at radius 1 is 1.35 bits per heavy atom. The van der Waals surface area contributed by atoms with Crippen molar-refractivity contribution in [3.8, 4) is 5.75 Å². The van der Waals surface area contributed by atoms with Crippen LogP contribution in [0.5, 0.6) is 5.75 Å². The lowest BCUT2D eigenvalue weighted by Crippen LogP contribution is -2.28. The third-order valence-electron chi connectivity index (χ3n) is 2.32. The SMILES string of the molecule is CCOc1ccc(C(=O)CC(N)COC)cc1. The van der Waals surface area contributed by atoms with Gasteiger partial charge in [0.15, 0.2) is 5.78 Å². The second-order valence-corrected chi connectivity index (χ2v) is 3.80. The van der Waals surface area contributed by atoms with Gasteiger partial charge in [-0.1, -0.05) is 0 Å². The number of Topliss-reactive ketones (excluding diaryl/α,β-unsaturated/α-hetero) is 1. The van der Waals surface area contributed by atoms with E-state index in [-0.39, 0.29) is 11.8 Å². The van der Waals surface area contributed by atoms with E-state index in [0.29, 0.717) is 25.2 Å². The van der Waals surface area contributed by atoms with Crippen LogP contribution in [0, 0.1) is 0 Å². The first-order chi connectivity index (χ1) is 8.17. The van der Waals surface area contributed by atoms with Crippen LogP contribution in [0.3, 0.4) is 0 Å². The van der Waals surface area contributed by atoms with E-state index >= 15 is 0 Å². The van der Waals surface area contributed by atoms with Gasteiger partial charge in [0.05, 0.1) is 13.2 Å². The molecule has 0 amide bonds. The van der Waals surface area contributed by atoms with E-state index in [0.717, 1.165) is 5.75 Å². The van der Waals surface area contributed by atoms with Gasteiger partial charge in [-0.05, 0) is 31.2 Å². The summed E-state index contributed by atoms with van der Waals surface area (Å²) in [5.41, 5.74) is 6.38. The molecule has 1 rings (SSSR count). The topological polar surface area (TPSA) is 61.5 Å². The van der Waals surface area contributed by atoms with E-state index in [1.807, 2.05) is 6.92 Å². The molecule has 2 N–H and O–H groups in total. The highest BCUT2D eigenvalue weighted by molar-refractivity contribution is 5.96. The standard InChI is InChI=1S/C13H19NO3/c1-3-17-12-6-4-10(5-7-12)13(15)8-11(14)9-16-2/h4-7,11H,3,8-9,14H2,1-2H3. The minimum absolute atomic E-state index is 0.0256. The summed E-state index contributed by atoms with van der Waals surface area (Å²) < 4.78 is 10.2. The maximum absolute atomic E-state index is 11.8. The van der Waals surface area contributed by atoms with Gasteiger partial charge in [0.2, 0.25) is 0 Å². The summed E-state index contributed by atoms with van der Waals surface area (Å²) in [5, 5.41) is 0. The van der Waals surface area contributed by atoms with Crippen molar-refractivity contribution in [1.82, 2.24) is 0 Å². The maximum atomic E-state index is 11.8. The molecule has 1 aromatic rings. The molecule has 0 spiro atoms. The zero-order valence-electron chi connectivity index (χ0n) is 10.3. The summed E-state index contributed by atoms with van der Waals surface area (Å²) in [7, 11) is 1.57. The van der Waals surface area contributed by atoms with E-state index < -0.39 is 0 Å². The monoisotopic (exact) mass is 237 g/mol. The third kappa shape index (κ3) is 4.54. The molecule has 4 nitrogen and oxygen atoms in total. The molecule has 4 heteroatoms. The average molecular weight is 237 g/mol. The molecule has 0 saturated carbocycles. The molecule has 1 atom stereocenters. The third-order valence-corrected chi connectivity index (χ3v) is 2.32. The molecule has 0 aliphatic heterocycles. The molecule has 0 bridgehead atoms. The number of hydrogen-bond donors (Lipinski definition) is 1. The first-order valence-corrected chi connectivity index (χ1v) is 5.68. The predicted octanol–water partition coefficient (Wildman–Crippen LogP) is 1.63. The zero-order valence-corrected chi connectivity index (χ0v) is 10.3. The Morgan fingerprint density at radius 2 is 2.00 bits per heavy atom. The lowest BCUT2D eigenvalue weighted by atomic mass is 10.0. The van der Waals surface area contributed by atoms with E-state index in [9.17, 15) is 4.79 Å². The van der Waals surface area contributed by atoms with E-state index in [1.165, 1.54) is 0 Å². The molecule has 0 fully saturated rings. The van der Waals surface area contributed by atoms with Crippen molar-refractivity contribution in [3.63, 3.8) is 0 Å². The fraction of sp³-hybridized carbons (Fsp3) is 0.462. The molecule has 0 radical (unpaired) electrons. The summed E-state index contributed by atoms with van der Waals surface area (Å²) in [5.74, 6) is 0.794. The first kappa shape index (κ1) is 13.7. The van der Waals surface area contributed by atoms with Crippen molar-refractivity contribution in [2.24, 2.45) is 5.73 Å². The minimum atomic E-state index is -0.251. The Kier molecular flexibility index (Phi) is 5.66.